The third-order valence-electron chi connectivity index (χ3n) is 2.84. The summed E-state index contributed by atoms with van der Waals surface area (Å²) in [5.74, 6) is 4.79. The lowest BCUT2D eigenvalue weighted by atomic mass is 10.1. The number of halogens is 2. The Kier molecular flexibility index (Phi) is 5.14. The maximum atomic E-state index is 12.9. The molecule has 0 heterocycles. The monoisotopic (exact) mass is 308 g/mol. The summed E-state index contributed by atoms with van der Waals surface area (Å²) < 4.78 is 18.4. The number of carbonyl (C=O) groups is 1. The first kappa shape index (κ1) is 15.3. The Morgan fingerprint density at radius 1 is 1.19 bits per heavy atom. The number of hydrazine groups is 1. The van der Waals surface area contributed by atoms with Gasteiger partial charge < -0.3 is 4.74 Å². The Hall–Kier alpha value is -2.11. The summed E-state index contributed by atoms with van der Waals surface area (Å²) >= 11 is 5.87. The van der Waals surface area contributed by atoms with Gasteiger partial charge in [-0.25, -0.2) is 10.2 Å². The molecule has 1 amide bonds. The SMILES string of the molecule is NNC(=O)Cc1ccc(COc2ccc(F)cc2Cl)cc1. The summed E-state index contributed by atoms with van der Waals surface area (Å²) in [5.41, 5.74) is 3.83. The Morgan fingerprint density at radius 3 is 2.48 bits per heavy atom. The number of benzene rings is 2. The molecular weight excluding hydrogens is 295 g/mol. The topological polar surface area (TPSA) is 64.3 Å². The van der Waals surface area contributed by atoms with E-state index >= 15 is 0 Å². The molecule has 110 valence electrons. The zero-order valence-electron chi connectivity index (χ0n) is 11.1. The highest BCUT2D eigenvalue weighted by Gasteiger charge is 2.04. The lowest BCUT2D eigenvalue weighted by Crippen LogP contribution is -2.31. The van der Waals surface area contributed by atoms with Gasteiger partial charge in [-0.2, -0.15) is 0 Å². The van der Waals surface area contributed by atoms with Crippen molar-refractivity contribution in [3.8, 4) is 5.75 Å². The molecule has 4 nitrogen and oxygen atoms in total. The van der Waals surface area contributed by atoms with Crippen molar-refractivity contribution in [1.29, 1.82) is 0 Å². The van der Waals surface area contributed by atoms with Crippen LogP contribution in [0, 0.1) is 5.82 Å². The molecule has 0 aliphatic heterocycles. The van der Waals surface area contributed by atoms with E-state index in [9.17, 15) is 9.18 Å². The minimum absolute atomic E-state index is 0.224. The minimum Gasteiger partial charge on any atom is -0.487 e. The summed E-state index contributed by atoms with van der Waals surface area (Å²) in [4.78, 5) is 11.1. The smallest absolute Gasteiger partial charge is 0.238 e. The van der Waals surface area contributed by atoms with Gasteiger partial charge in [0, 0.05) is 0 Å². The molecule has 2 aromatic carbocycles. The van der Waals surface area contributed by atoms with E-state index < -0.39 is 5.82 Å². The molecule has 0 saturated heterocycles. The van der Waals surface area contributed by atoms with E-state index in [0.717, 1.165) is 11.1 Å². The molecule has 0 unspecified atom stereocenters. The van der Waals surface area contributed by atoms with E-state index in [2.05, 4.69) is 5.43 Å². The van der Waals surface area contributed by atoms with E-state index in [1.165, 1.54) is 18.2 Å². The van der Waals surface area contributed by atoms with E-state index in [0.29, 0.717) is 12.4 Å². The van der Waals surface area contributed by atoms with Gasteiger partial charge in [-0.05, 0) is 29.3 Å². The summed E-state index contributed by atoms with van der Waals surface area (Å²) in [6.45, 7) is 0.300. The molecule has 6 heteroatoms. The Morgan fingerprint density at radius 2 is 1.86 bits per heavy atom. The molecule has 0 radical (unpaired) electrons. The highest BCUT2D eigenvalue weighted by atomic mass is 35.5. The van der Waals surface area contributed by atoms with E-state index in [4.69, 9.17) is 22.2 Å². The van der Waals surface area contributed by atoms with Crippen molar-refractivity contribution < 1.29 is 13.9 Å². The van der Waals surface area contributed by atoms with Gasteiger partial charge in [-0.15, -0.1) is 0 Å². The molecule has 0 saturated carbocycles. The summed E-state index contributed by atoms with van der Waals surface area (Å²) in [5, 5.41) is 0.228. The van der Waals surface area contributed by atoms with Gasteiger partial charge >= 0.3 is 0 Å². The molecule has 2 rings (SSSR count). The number of rotatable bonds is 5. The fraction of sp³-hybridized carbons (Fsp3) is 0.133. The lowest BCUT2D eigenvalue weighted by molar-refractivity contribution is -0.120. The molecule has 21 heavy (non-hydrogen) atoms. The third-order valence-corrected chi connectivity index (χ3v) is 3.13. The Labute approximate surface area is 126 Å². The Bertz CT molecular complexity index is 632. The largest absolute Gasteiger partial charge is 0.487 e. The molecule has 0 atom stereocenters. The number of ether oxygens (including phenoxy) is 1. The lowest BCUT2D eigenvalue weighted by Gasteiger charge is -2.08. The maximum Gasteiger partial charge on any atom is 0.238 e. The number of nitrogens with one attached hydrogen (secondary N) is 1. The van der Waals surface area contributed by atoms with Crippen LogP contribution >= 0.6 is 11.6 Å². The van der Waals surface area contributed by atoms with Crippen molar-refractivity contribution in [1.82, 2.24) is 5.43 Å². The second kappa shape index (κ2) is 7.06. The van der Waals surface area contributed by atoms with Crippen LogP contribution in [0.15, 0.2) is 42.5 Å². The van der Waals surface area contributed by atoms with Gasteiger partial charge in [0.15, 0.2) is 0 Å². The second-order valence-corrected chi connectivity index (χ2v) is 4.83. The van der Waals surface area contributed by atoms with Gasteiger partial charge in [0.1, 0.15) is 18.2 Å². The van der Waals surface area contributed by atoms with Crippen molar-refractivity contribution in [3.05, 3.63) is 64.4 Å². The molecule has 0 aliphatic carbocycles. The van der Waals surface area contributed by atoms with Gasteiger partial charge in [-0.1, -0.05) is 35.9 Å². The maximum absolute atomic E-state index is 12.9. The number of hydrogen-bond donors (Lipinski definition) is 2. The van der Waals surface area contributed by atoms with Gasteiger partial charge in [0.25, 0.3) is 0 Å². The number of hydrogen-bond acceptors (Lipinski definition) is 3. The van der Waals surface area contributed by atoms with Crippen molar-refractivity contribution in [3.63, 3.8) is 0 Å². The van der Waals surface area contributed by atoms with Gasteiger partial charge in [0.2, 0.25) is 5.91 Å². The van der Waals surface area contributed by atoms with Crippen molar-refractivity contribution in [2.45, 2.75) is 13.0 Å². The predicted octanol–water partition coefficient (Wildman–Crippen LogP) is 2.59. The fourth-order valence-electron chi connectivity index (χ4n) is 1.74. The zero-order valence-corrected chi connectivity index (χ0v) is 11.9. The van der Waals surface area contributed by atoms with Crippen LogP contribution in [-0.4, -0.2) is 5.91 Å². The number of carbonyl (C=O) groups excluding carboxylic acids is 1. The van der Waals surface area contributed by atoms with Crippen LogP contribution in [-0.2, 0) is 17.8 Å². The standard InChI is InChI=1S/C15H14ClFN2O2/c16-13-8-12(17)5-6-14(13)21-9-11-3-1-10(2-4-11)7-15(20)19-18/h1-6,8H,7,9,18H2,(H,19,20). The fourth-order valence-corrected chi connectivity index (χ4v) is 1.96. The highest BCUT2D eigenvalue weighted by Crippen LogP contribution is 2.25. The first-order valence-corrected chi connectivity index (χ1v) is 6.61. The molecular formula is C15H14ClFN2O2. The number of nitrogens with two attached hydrogens (primary N) is 1. The highest BCUT2D eigenvalue weighted by molar-refractivity contribution is 6.32. The summed E-state index contributed by atoms with van der Waals surface area (Å²) in [6.07, 6.45) is 0.224. The Balaban J connectivity index is 1.96. The molecule has 0 fully saturated rings. The van der Waals surface area contributed by atoms with Crippen LogP contribution in [0.4, 0.5) is 4.39 Å². The van der Waals surface area contributed by atoms with Crippen molar-refractivity contribution >= 4 is 17.5 Å². The molecule has 2 aromatic rings. The molecule has 0 spiro atoms. The molecule has 3 N–H and O–H groups in total. The second-order valence-electron chi connectivity index (χ2n) is 4.42. The first-order valence-electron chi connectivity index (χ1n) is 6.23. The average molecular weight is 309 g/mol. The van der Waals surface area contributed by atoms with Crippen molar-refractivity contribution in [2.24, 2.45) is 5.84 Å². The van der Waals surface area contributed by atoms with Crippen LogP contribution in [0.2, 0.25) is 5.02 Å². The van der Waals surface area contributed by atoms with Crippen LogP contribution in [0.25, 0.3) is 0 Å². The average Bonchev–Trinajstić information content (AvgIpc) is 2.48. The van der Waals surface area contributed by atoms with Crippen LogP contribution in [0.5, 0.6) is 5.75 Å². The minimum atomic E-state index is -0.408. The van der Waals surface area contributed by atoms with Gasteiger partial charge in [-0.3, -0.25) is 10.2 Å². The molecule has 0 aliphatic rings. The van der Waals surface area contributed by atoms with Crippen LogP contribution in [0.1, 0.15) is 11.1 Å². The van der Waals surface area contributed by atoms with E-state index in [1.54, 1.807) is 0 Å². The molecule has 0 bridgehead atoms. The quantitative estimate of drug-likeness (QED) is 0.507. The van der Waals surface area contributed by atoms with E-state index in [-0.39, 0.29) is 17.4 Å². The van der Waals surface area contributed by atoms with Crippen LogP contribution < -0.4 is 16.0 Å². The molecule has 0 aromatic heterocycles. The normalized spacial score (nSPS) is 10.2. The third kappa shape index (κ3) is 4.44. The van der Waals surface area contributed by atoms with Crippen LogP contribution in [0.3, 0.4) is 0 Å². The summed E-state index contributed by atoms with van der Waals surface area (Å²) in [6, 6.07) is 11.3. The predicted molar refractivity (Wildman–Crippen MR) is 78.2 cm³/mol. The van der Waals surface area contributed by atoms with Crippen molar-refractivity contribution in [2.75, 3.05) is 0 Å². The van der Waals surface area contributed by atoms with Gasteiger partial charge in [0.05, 0.1) is 11.4 Å². The van der Waals surface area contributed by atoms with E-state index in [1.807, 2.05) is 24.3 Å². The number of amides is 1. The summed E-state index contributed by atoms with van der Waals surface area (Å²) in [7, 11) is 0. The zero-order chi connectivity index (χ0) is 15.2. The first-order chi connectivity index (χ1) is 10.1.